The van der Waals surface area contributed by atoms with Crippen molar-refractivity contribution >= 4 is 5.97 Å². The number of rotatable bonds is 5. The Morgan fingerprint density at radius 3 is 2.64 bits per heavy atom. The van der Waals surface area contributed by atoms with E-state index in [9.17, 15) is 4.79 Å². The van der Waals surface area contributed by atoms with Crippen LogP contribution in [0.5, 0.6) is 0 Å². The molecule has 0 saturated carbocycles. The highest BCUT2D eigenvalue weighted by Gasteiger charge is 2.19. The number of carboxylic acid groups (broad SMARTS) is 1. The molecule has 0 spiro atoms. The van der Waals surface area contributed by atoms with Gasteiger partial charge in [0.1, 0.15) is 0 Å². The summed E-state index contributed by atoms with van der Waals surface area (Å²) in [7, 11) is 0. The van der Waals surface area contributed by atoms with Crippen LogP contribution in [0.25, 0.3) is 0 Å². The quantitative estimate of drug-likeness (QED) is 0.674. The molecule has 1 saturated heterocycles. The first-order chi connectivity index (χ1) is 6.72. The number of piperidine rings is 1. The Morgan fingerprint density at radius 2 is 2.14 bits per heavy atom. The highest BCUT2D eigenvalue weighted by molar-refractivity contribution is 5.69. The predicted octanol–water partition coefficient (Wildman–Crippen LogP) is 0.393. The van der Waals surface area contributed by atoms with Gasteiger partial charge in [-0.3, -0.25) is 9.69 Å². The van der Waals surface area contributed by atoms with Crippen molar-refractivity contribution in [2.75, 3.05) is 32.7 Å². The Kier molecular flexibility index (Phi) is 4.90. The summed E-state index contributed by atoms with van der Waals surface area (Å²) in [5, 5.41) is 12.0. The molecule has 1 heterocycles. The molecule has 0 bridgehead atoms. The molecular formula is C10H20N2O2. The van der Waals surface area contributed by atoms with Crippen LogP contribution in [0.4, 0.5) is 0 Å². The van der Waals surface area contributed by atoms with Gasteiger partial charge in [-0.1, -0.05) is 6.92 Å². The van der Waals surface area contributed by atoms with E-state index in [4.69, 9.17) is 5.11 Å². The van der Waals surface area contributed by atoms with Gasteiger partial charge in [-0.15, -0.1) is 0 Å². The van der Waals surface area contributed by atoms with Crippen LogP contribution >= 0.6 is 0 Å². The summed E-state index contributed by atoms with van der Waals surface area (Å²) in [6.45, 7) is 6.28. The summed E-state index contributed by atoms with van der Waals surface area (Å²) in [6, 6.07) is 0. The molecule has 0 aromatic heterocycles. The van der Waals surface area contributed by atoms with Crippen LogP contribution < -0.4 is 5.32 Å². The van der Waals surface area contributed by atoms with E-state index in [2.05, 4.69) is 12.2 Å². The van der Waals surface area contributed by atoms with Gasteiger partial charge in [-0.05, 0) is 44.9 Å². The SMILES string of the molecule is CCNCC1CCN(CC(=O)O)CC1. The molecule has 0 radical (unpaired) electrons. The van der Waals surface area contributed by atoms with Crippen molar-refractivity contribution in [3.8, 4) is 0 Å². The van der Waals surface area contributed by atoms with Crippen molar-refractivity contribution in [1.82, 2.24) is 10.2 Å². The zero-order chi connectivity index (χ0) is 10.4. The van der Waals surface area contributed by atoms with Gasteiger partial charge in [-0.2, -0.15) is 0 Å². The molecule has 0 atom stereocenters. The Hall–Kier alpha value is -0.610. The van der Waals surface area contributed by atoms with E-state index < -0.39 is 5.97 Å². The molecule has 1 aliphatic heterocycles. The predicted molar refractivity (Wildman–Crippen MR) is 55.3 cm³/mol. The number of hydrogen-bond acceptors (Lipinski definition) is 3. The molecule has 82 valence electrons. The van der Waals surface area contributed by atoms with Crippen LogP contribution in [0.3, 0.4) is 0 Å². The van der Waals surface area contributed by atoms with Gasteiger partial charge in [0.05, 0.1) is 6.54 Å². The zero-order valence-electron chi connectivity index (χ0n) is 8.83. The van der Waals surface area contributed by atoms with Crippen molar-refractivity contribution in [1.29, 1.82) is 0 Å². The summed E-state index contributed by atoms with van der Waals surface area (Å²) < 4.78 is 0. The molecule has 1 aliphatic rings. The Labute approximate surface area is 85.3 Å². The number of carboxylic acids is 1. The van der Waals surface area contributed by atoms with Crippen LogP contribution in [-0.4, -0.2) is 48.7 Å². The molecule has 1 rings (SSSR count). The lowest BCUT2D eigenvalue weighted by molar-refractivity contribution is -0.138. The molecule has 0 unspecified atom stereocenters. The zero-order valence-corrected chi connectivity index (χ0v) is 8.83. The van der Waals surface area contributed by atoms with Crippen LogP contribution in [0, 0.1) is 5.92 Å². The standard InChI is InChI=1S/C10H20N2O2/c1-2-11-7-9-3-5-12(6-4-9)8-10(13)14/h9,11H,2-8H2,1H3,(H,13,14). The number of hydrogen-bond donors (Lipinski definition) is 2. The lowest BCUT2D eigenvalue weighted by atomic mass is 9.97. The number of carbonyl (C=O) groups is 1. The molecule has 0 aliphatic carbocycles. The van der Waals surface area contributed by atoms with Crippen molar-refractivity contribution in [2.45, 2.75) is 19.8 Å². The van der Waals surface area contributed by atoms with Crippen molar-refractivity contribution in [3.63, 3.8) is 0 Å². The molecule has 2 N–H and O–H groups in total. The van der Waals surface area contributed by atoms with Crippen molar-refractivity contribution < 1.29 is 9.90 Å². The van der Waals surface area contributed by atoms with E-state index in [0.717, 1.165) is 44.9 Å². The van der Waals surface area contributed by atoms with E-state index in [1.807, 2.05) is 4.90 Å². The average molecular weight is 200 g/mol. The number of aliphatic carboxylic acids is 1. The molecule has 1 fully saturated rings. The Morgan fingerprint density at radius 1 is 1.50 bits per heavy atom. The smallest absolute Gasteiger partial charge is 0.317 e. The van der Waals surface area contributed by atoms with Crippen molar-refractivity contribution in [3.05, 3.63) is 0 Å². The summed E-state index contributed by atoms with van der Waals surface area (Å²) in [5.74, 6) is 0.0233. The molecule has 0 aromatic carbocycles. The molecular weight excluding hydrogens is 180 g/mol. The van der Waals surface area contributed by atoms with E-state index in [1.165, 1.54) is 0 Å². The van der Waals surface area contributed by atoms with Crippen molar-refractivity contribution in [2.24, 2.45) is 5.92 Å². The van der Waals surface area contributed by atoms with E-state index in [-0.39, 0.29) is 6.54 Å². The van der Waals surface area contributed by atoms with Crippen LogP contribution in [-0.2, 0) is 4.79 Å². The molecule has 4 heteroatoms. The topological polar surface area (TPSA) is 52.6 Å². The summed E-state index contributed by atoms with van der Waals surface area (Å²) in [6.07, 6.45) is 2.25. The first kappa shape index (κ1) is 11.5. The Bertz CT molecular complexity index is 177. The average Bonchev–Trinajstić information content (AvgIpc) is 2.16. The van der Waals surface area contributed by atoms with E-state index in [0.29, 0.717) is 0 Å². The minimum Gasteiger partial charge on any atom is -0.480 e. The minimum atomic E-state index is -0.713. The maximum Gasteiger partial charge on any atom is 0.317 e. The second-order valence-electron chi connectivity index (χ2n) is 3.92. The molecule has 14 heavy (non-hydrogen) atoms. The molecule has 0 aromatic rings. The molecule has 0 amide bonds. The van der Waals surface area contributed by atoms with Gasteiger partial charge in [-0.25, -0.2) is 0 Å². The monoisotopic (exact) mass is 200 g/mol. The van der Waals surface area contributed by atoms with Crippen LogP contribution in [0.1, 0.15) is 19.8 Å². The Balaban J connectivity index is 2.14. The third-order valence-corrected chi connectivity index (χ3v) is 2.75. The highest BCUT2D eigenvalue weighted by Crippen LogP contribution is 2.15. The van der Waals surface area contributed by atoms with Gasteiger partial charge >= 0.3 is 5.97 Å². The lowest BCUT2D eigenvalue weighted by Gasteiger charge is -2.30. The lowest BCUT2D eigenvalue weighted by Crippen LogP contribution is -2.39. The third kappa shape index (κ3) is 4.07. The van der Waals surface area contributed by atoms with Crippen LogP contribution in [0.15, 0.2) is 0 Å². The number of nitrogens with zero attached hydrogens (tertiary/aromatic N) is 1. The second kappa shape index (κ2) is 5.98. The fraction of sp³-hybridized carbons (Fsp3) is 0.900. The highest BCUT2D eigenvalue weighted by atomic mass is 16.4. The van der Waals surface area contributed by atoms with E-state index >= 15 is 0 Å². The summed E-state index contributed by atoms with van der Waals surface area (Å²) >= 11 is 0. The normalized spacial score (nSPS) is 19.8. The fourth-order valence-electron chi connectivity index (χ4n) is 1.89. The maximum atomic E-state index is 10.5. The van der Waals surface area contributed by atoms with Crippen LogP contribution in [0.2, 0.25) is 0 Å². The first-order valence-electron chi connectivity index (χ1n) is 5.37. The number of nitrogens with one attached hydrogen (secondary N) is 1. The molecule has 4 nitrogen and oxygen atoms in total. The maximum absolute atomic E-state index is 10.5. The van der Waals surface area contributed by atoms with E-state index in [1.54, 1.807) is 0 Å². The second-order valence-corrected chi connectivity index (χ2v) is 3.92. The first-order valence-corrected chi connectivity index (χ1v) is 5.37. The summed E-state index contributed by atoms with van der Waals surface area (Å²) in [5.41, 5.74) is 0. The number of likely N-dealkylation sites (tertiary alicyclic amines) is 1. The largest absolute Gasteiger partial charge is 0.480 e. The van der Waals surface area contributed by atoms with Gasteiger partial charge in [0.25, 0.3) is 0 Å². The van der Waals surface area contributed by atoms with Gasteiger partial charge < -0.3 is 10.4 Å². The summed E-state index contributed by atoms with van der Waals surface area (Å²) in [4.78, 5) is 12.5. The van der Waals surface area contributed by atoms with Gasteiger partial charge in [0.2, 0.25) is 0 Å². The minimum absolute atomic E-state index is 0.202. The van der Waals surface area contributed by atoms with Gasteiger partial charge in [0.15, 0.2) is 0 Å². The fourth-order valence-corrected chi connectivity index (χ4v) is 1.89. The third-order valence-electron chi connectivity index (χ3n) is 2.75. The van der Waals surface area contributed by atoms with Gasteiger partial charge in [0, 0.05) is 0 Å².